The van der Waals surface area contributed by atoms with E-state index in [4.69, 9.17) is 4.74 Å². The van der Waals surface area contributed by atoms with Gasteiger partial charge in [-0.25, -0.2) is 4.39 Å². The molecule has 1 aliphatic rings. The summed E-state index contributed by atoms with van der Waals surface area (Å²) < 4.78 is 17.7. The van der Waals surface area contributed by atoms with Gasteiger partial charge in [-0.3, -0.25) is 0 Å². The van der Waals surface area contributed by atoms with Crippen LogP contribution in [-0.4, -0.2) is 36.9 Å². The van der Waals surface area contributed by atoms with Crippen LogP contribution in [0.5, 0.6) is 0 Å². The summed E-state index contributed by atoms with van der Waals surface area (Å²) in [7, 11) is 0. The van der Waals surface area contributed by atoms with E-state index >= 15 is 0 Å². The lowest BCUT2D eigenvalue weighted by atomic mass is 10.2. The van der Waals surface area contributed by atoms with E-state index < -0.39 is 6.67 Å². The molecule has 0 aromatic carbocycles. The molecule has 0 aromatic heterocycles. The maximum Gasteiger partial charge on any atom is 0.128 e. The van der Waals surface area contributed by atoms with Gasteiger partial charge in [0.25, 0.3) is 0 Å². The van der Waals surface area contributed by atoms with E-state index in [0.717, 1.165) is 13.1 Å². The molecule has 0 aliphatic carbocycles. The summed E-state index contributed by atoms with van der Waals surface area (Å²) in [6, 6.07) is 0. The number of ether oxygens (including phenoxy) is 1. The average molecular weight is 173 g/mol. The number of allylic oxidation sites excluding steroid dienone is 1. The maximum absolute atomic E-state index is 12.2. The van der Waals surface area contributed by atoms with E-state index in [1.807, 2.05) is 18.7 Å². The number of morpholine rings is 1. The fourth-order valence-electron chi connectivity index (χ4n) is 1.52. The Kier molecular flexibility index (Phi) is 3.09. The average Bonchev–Trinajstić information content (AvgIpc) is 2.01. The van der Waals surface area contributed by atoms with Crippen LogP contribution in [0.4, 0.5) is 4.39 Å². The van der Waals surface area contributed by atoms with Crippen molar-refractivity contribution in [1.82, 2.24) is 4.90 Å². The van der Waals surface area contributed by atoms with Gasteiger partial charge in [0.2, 0.25) is 0 Å². The predicted octanol–water partition coefficient (Wildman–Crippen LogP) is 1.58. The zero-order valence-electron chi connectivity index (χ0n) is 7.72. The summed E-state index contributed by atoms with van der Waals surface area (Å²) >= 11 is 0. The second-order valence-electron chi connectivity index (χ2n) is 3.36. The smallest absolute Gasteiger partial charge is 0.128 e. The molecule has 1 fully saturated rings. The first-order valence-electron chi connectivity index (χ1n) is 4.27. The first-order chi connectivity index (χ1) is 5.63. The Balaban J connectivity index is 2.49. The molecule has 2 unspecified atom stereocenters. The summed E-state index contributed by atoms with van der Waals surface area (Å²) in [5.74, 6) is 0. The number of nitrogens with zero attached hydrogens (tertiary/aromatic N) is 1. The van der Waals surface area contributed by atoms with Crippen LogP contribution in [0.15, 0.2) is 12.3 Å². The number of rotatable bonds is 2. The number of alkyl halides is 1. The van der Waals surface area contributed by atoms with Crippen LogP contribution in [0.2, 0.25) is 0 Å². The molecule has 70 valence electrons. The molecule has 1 rings (SSSR count). The molecule has 0 N–H and O–H groups in total. The summed E-state index contributed by atoms with van der Waals surface area (Å²) in [6.07, 6.45) is 0.356. The number of hydrogen-bond acceptors (Lipinski definition) is 2. The van der Waals surface area contributed by atoms with E-state index in [1.54, 1.807) is 0 Å². The monoisotopic (exact) mass is 173 g/mol. The van der Waals surface area contributed by atoms with Gasteiger partial charge in [0.15, 0.2) is 0 Å². The molecule has 0 bridgehead atoms. The standard InChI is InChI=1S/C9H16FNO/c1-7(4-10)11-5-8(2)12-9(3)6-11/h8-9H,1,4-6H2,2-3H3. The molecule has 3 heteroatoms. The van der Waals surface area contributed by atoms with Crippen molar-refractivity contribution < 1.29 is 9.13 Å². The van der Waals surface area contributed by atoms with Crippen molar-refractivity contribution in [1.29, 1.82) is 0 Å². The third kappa shape index (κ3) is 2.21. The minimum Gasteiger partial charge on any atom is -0.372 e. The zero-order chi connectivity index (χ0) is 9.14. The Bertz CT molecular complexity index is 162. The third-order valence-corrected chi connectivity index (χ3v) is 2.02. The SMILES string of the molecule is C=C(CF)N1CC(C)OC(C)C1. The quantitative estimate of drug-likeness (QED) is 0.628. The van der Waals surface area contributed by atoms with E-state index in [-0.39, 0.29) is 12.2 Å². The van der Waals surface area contributed by atoms with Crippen LogP contribution >= 0.6 is 0 Å². The van der Waals surface area contributed by atoms with Crippen LogP contribution in [-0.2, 0) is 4.74 Å². The lowest BCUT2D eigenvalue weighted by Gasteiger charge is -2.37. The van der Waals surface area contributed by atoms with Gasteiger partial charge in [0.1, 0.15) is 6.67 Å². The molecule has 0 amide bonds. The van der Waals surface area contributed by atoms with Gasteiger partial charge < -0.3 is 9.64 Å². The molecule has 0 radical (unpaired) electrons. The van der Waals surface area contributed by atoms with Gasteiger partial charge in [-0.15, -0.1) is 0 Å². The largest absolute Gasteiger partial charge is 0.372 e. The normalized spacial score (nSPS) is 30.4. The Morgan fingerprint density at radius 1 is 1.50 bits per heavy atom. The van der Waals surface area contributed by atoms with Crippen LogP contribution in [0.3, 0.4) is 0 Å². The van der Waals surface area contributed by atoms with Crippen LogP contribution < -0.4 is 0 Å². The van der Waals surface area contributed by atoms with Crippen LogP contribution in [0.25, 0.3) is 0 Å². The van der Waals surface area contributed by atoms with Crippen molar-refractivity contribution in [3.05, 3.63) is 12.3 Å². The molecule has 2 nitrogen and oxygen atoms in total. The van der Waals surface area contributed by atoms with Gasteiger partial charge >= 0.3 is 0 Å². The number of halogens is 1. The molecule has 1 saturated heterocycles. The molecule has 2 atom stereocenters. The second-order valence-corrected chi connectivity index (χ2v) is 3.36. The van der Waals surface area contributed by atoms with Crippen molar-refractivity contribution in [2.24, 2.45) is 0 Å². The molecule has 12 heavy (non-hydrogen) atoms. The summed E-state index contributed by atoms with van der Waals surface area (Å²) in [5, 5.41) is 0. The van der Waals surface area contributed by atoms with Crippen molar-refractivity contribution in [3.8, 4) is 0 Å². The van der Waals surface area contributed by atoms with Gasteiger partial charge in [0, 0.05) is 18.8 Å². The Hall–Kier alpha value is -0.570. The van der Waals surface area contributed by atoms with Crippen LogP contribution in [0, 0.1) is 0 Å². The summed E-state index contributed by atoms with van der Waals surface area (Å²) in [6.45, 7) is 8.70. The minimum atomic E-state index is -0.459. The Morgan fingerprint density at radius 3 is 2.42 bits per heavy atom. The lowest BCUT2D eigenvalue weighted by Crippen LogP contribution is -2.44. The molecule has 0 spiro atoms. The Labute approximate surface area is 73.0 Å². The zero-order valence-corrected chi connectivity index (χ0v) is 7.72. The van der Waals surface area contributed by atoms with E-state index in [0.29, 0.717) is 5.70 Å². The first kappa shape index (κ1) is 9.52. The highest BCUT2D eigenvalue weighted by Crippen LogP contribution is 2.14. The highest BCUT2D eigenvalue weighted by molar-refractivity contribution is 4.96. The van der Waals surface area contributed by atoms with Crippen molar-refractivity contribution in [2.45, 2.75) is 26.1 Å². The number of hydrogen-bond donors (Lipinski definition) is 0. The Morgan fingerprint density at radius 2 is 2.00 bits per heavy atom. The fourth-order valence-corrected chi connectivity index (χ4v) is 1.52. The highest BCUT2D eigenvalue weighted by atomic mass is 19.1. The van der Waals surface area contributed by atoms with Crippen molar-refractivity contribution in [2.75, 3.05) is 19.8 Å². The van der Waals surface area contributed by atoms with Gasteiger partial charge in [-0.1, -0.05) is 6.58 Å². The van der Waals surface area contributed by atoms with Gasteiger partial charge in [-0.2, -0.15) is 0 Å². The summed E-state index contributed by atoms with van der Waals surface area (Å²) in [4.78, 5) is 1.96. The van der Waals surface area contributed by atoms with Gasteiger partial charge in [-0.05, 0) is 13.8 Å². The van der Waals surface area contributed by atoms with E-state index in [1.165, 1.54) is 0 Å². The topological polar surface area (TPSA) is 12.5 Å². The van der Waals surface area contributed by atoms with E-state index in [9.17, 15) is 4.39 Å². The molecular formula is C9H16FNO. The first-order valence-corrected chi connectivity index (χ1v) is 4.27. The molecule has 0 saturated carbocycles. The van der Waals surface area contributed by atoms with Gasteiger partial charge in [0.05, 0.1) is 12.2 Å². The molecule has 1 heterocycles. The minimum absolute atomic E-state index is 0.178. The fraction of sp³-hybridized carbons (Fsp3) is 0.778. The predicted molar refractivity (Wildman–Crippen MR) is 46.7 cm³/mol. The summed E-state index contributed by atoms with van der Waals surface area (Å²) in [5.41, 5.74) is 0.567. The lowest BCUT2D eigenvalue weighted by molar-refractivity contribution is -0.0589. The van der Waals surface area contributed by atoms with Crippen molar-refractivity contribution >= 4 is 0 Å². The van der Waals surface area contributed by atoms with E-state index in [2.05, 4.69) is 6.58 Å². The van der Waals surface area contributed by atoms with Crippen LogP contribution in [0.1, 0.15) is 13.8 Å². The second kappa shape index (κ2) is 3.90. The third-order valence-electron chi connectivity index (χ3n) is 2.02. The molecule has 1 aliphatic heterocycles. The molecular weight excluding hydrogens is 157 g/mol. The maximum atomic E-state index is 12.2. The van der Waals surface area contributed by atoms with Crippen molar-refractivity contribution in [3.63, 3.8) is 0 Å². The highest BCUT2D eigenvalue weighted by Gasteiger charge is 2.22. The molecule has 0 aromatic rings.